The smallest absolute Gasteiger partial charge is 0.331 e. The van der Waals surface area contributed by atoms with E-state index < -0.39 is 11.5 Å². The highest BCUT2D eigenvalue weighted by Crippen LogP contribution is 2.26. The minimum Gasteiger partial charge on any atom is -0.479 e. The van der Waals surface area contributed by atoms with Gasteiger partial charge in [0.2, 0.25) is 0 Å². The van der Waals surface area contributed by atoms with E-state index in [0.717, 1.165) is 5.56 Å². The molecule has 100 valence electrons. The highest BCUT2D eigenvalue weighted by molar-refractivity contribution is 6.31. The second-order valence-electron chi connectivity index (χ2n) is 4.74. The predicted octanol–water partition coefficient (Wildman–Crippen LogP) is 2.12. The molecule has 0 aliphatic carbocycles. The number of tetrazole rings is 1. The Labute approximate surface area is 115 Å². The topological polar surface area (TPSA) is 80.9 Å². The van der Waals surface area contributed by atoms with Gasteiger partial charge in [0, 0.05) is 10.6 Å². The van der Waals surface area contributed by atoms with Crippen molar-refractivity contribution in [1.82, 2.24) is 20.2 Å². The molecule has 0 unspecified atom stereocenters. The molecule has 2 rings (SSSR count). The number of nitrogens with zero attached hydrogens (tertiary/aromatic N) is 4. The summed E-state index contributed by atoms with van der Waals surface area (Å²) in [4.78, 5) is 11.3. The van der Waals surface area contributed by atoms with E-state index in [9.17, 15) is 9.90 Å². The first kappa shape index (κ1) is 13.5. The number of aromatic nitrogens is 4. The Balaban J connectivity index is 2.56. The number of aliphatic carboxylic acids is 1. The number of hydrogen-bond acceptors (Lipinski definition) is 4. The van der Waals surface area contributed by atoms with Crippen molar-refractivity contribution in [3.63, 3.8) is 0 Å². The quantitative estimate of drug-likeness (QED) is 0.931. The third-order valence-corrected chi connectivity index (χ3v) is 3.36. The maximum atomic E-state index is 11.3. The first-order chi connectivity index (χ1) is 8.84. The SMILES string of the molecule is Cc1ccc(-c2nnnn2C(C)(C)C(=O)O)cc1Cl. The van der Waals surface area contributed by atoms with Crippen molar-refractivity contribution in [3.8, 4) is 11.4 Å². The molecular formula is C12H13ClN4O2. The van der Waals surface area contributed by atoms with E-state index in [1.165, 1.54) is 18.5 Å². The van der Waals surface area contributed by atoms with Crippen LogP contribution >= 0.6 is 11.6 Å². The van der Waals surface area contributed by atoms with Crippen LogP contribution in [0.4, 0.5) is 0 Å². The first-order valence-corrected chi connectivity index (χ1v) is 6.00. The van der Waals surface area contributed by atoms with E-state index in [4.69, 9.17) is 11.6 Å². The highest BCUT2D eigenvalue weighted by atomic mass is 35.5. The fraction of sp³-hybridized carbons (Fsp3) is 0.333. The highest BCUT2D eigenvalue weighted by Gasteiger charge is 2.33. The fourth-order valence-corrected chi connectivity index (χ4v) is 1.75. The molecule has 0 aliphatic rings. The molecule has 2 aromatic rings. The van der Waals surface area contributed by atoms with Crippen molar-refractivity contribution >= 4 is 17.6 Å². The summed E-state index contributed by atoms with van der Waals surface area (Å²) in [6.07, 6.45) is 0. The van der Waals surface area contributed by atoms with Crippen molar-refractivity contribution in [3.05, 3.63) is 28.8 Å². The van der Waals surface area contributed by atoms with Crippen molar-refractivity contribution < 1.29 is 9.90 Å². The lowest BCUT2D eigenvalue weighted by Crippen LogP contribution is -2.37. The molecule has 0 aliphatic heterocycles. The maximum Gasteiger partial charge on any atom is 0.331 e. The summed E-state index contributed by atoms with van der Waals surface area (Å²) in [5.41, 5.74) is 0.368. The molecule has 1 aromatic carbocycles. The average molecular weight is 281 g/mol. The Morgan fingerprint density at radius 3 is 2.68 bits per heavy atom. The van der Waals surface area contributed by atoms with Gasteiger partial charge in [-0.1, -0.05) is 23.7 Å². The van der Waals surface area contributed by atoms with E-state index in [-0.39, 0.29) is 0 Å². The standard InChI is InChI=1S/C12H13ClN4O2/c1-7-4-5-8(6-9(7)13)10-14-15-16-17(10)12(2,3)11(18)19/h4-6H,1-3H3,(H,18,19). The number of halogens is 1. The van der Waals surface area contributed by atoms with Crippen LogP contribution in [-0.4, -0.2) is 31.3 Å². The number of aryl methyl sites for hydroxylation is 1. The van der Waals surface area contributed by atoms with Gasteiger partial charge in [0.1, 0.15) is 0 Å². The van der Waals surface area contributed by atoms with Gasteiger partial charge in [-0.05, 0) is 42.8 Å². The lowest BCUT2D eigenvalue weighted by Gasteiger charge is -2.20. The second-order valence-corrected chi connectivity index (χ2v) is 5.15. The summed E-state index contributed by atoms with van der Waals surface area (Å²) in [5, 5.41) is 21.0. The zero-order chi connectivity index (χ0) is 14.2. The van der Waals surface area contributed by atoms with Crippen LogP contribution in [0.15, 0.2) is 18.2 Å². The third kappa shape index (κ3) is 2.31. The van der Waals surface area contributed by atoms with Crippen LogP contribution in [0.1, 0.15) is 19.4 Å². The van der Waals surface area contributed by atoms with Gasteiger partial charge in [-0.3, -0.25) is 0 Å². The van der Waals surface area contributed by atoms with Gasteiger partial charge in [-0.2, -0.15) is 0 Å². The number of benzene rings is 1. The van der Waals surface area contributed by atoms with Crippen LogP contribution in [0.25, 0.3) is 11.4 Å². The largest absolute Gasteiger partial charge is 0.479 e. The van der Waals surface area contributed by atoms with Gasteiger partial charge in [0.05, 0.1) is 0 Å². The lowest BCUT2D eigenvalue weighted by atomic mass is 10.1. The average Bonchev–Trinajstić information content (AvgIpc) is 2.82. The molecule has 1 aromatic heterocycles. The molecule has 0 saturated carbocycles. The fourth-order valence-electron chi connectivity index (χ4n) is 1.57. The summed E-state index contributed by atoms with van der Waals surface area (Å²) in [6, 6.07) is 5.36. The zero-order valence-corrected chi connectivity index (χ0v) is 11.5. The van der Waals surface area contributed by atoms with E-state index in [0.29, 0.717) is 16.4 Å². The van der Waals surface area contributed by atoms with E-state index in [1.807, 2.05) is 13.0 Å². The molecule has 0 spiro atoms. The normalized spacial score (nSPS) is 11.6. The minimum atomic E-state index is -1.24. The van der Waals surface area contributed by atoms with Crippen molar-refractivity contribution in [2.24, 2.45) is 0 Å². The molecule has 0 amide bonds. The molecule has 7 heteroatoms. The Kier molecular flexibility index (Phi) is 3.28. The Bertz CT molecular complexity index is 636. The van der Waals surface area contributed by atoms with Crippen LogP contribution in [0.3, 0.4) is 0 Å². The number of carbonyl (C=O) groups is 1. The number of carboxylic acid groups (broad SMARTS) is 1. The van der Waals surface area contributed by atoms with Crippen LogP contribution in [0.5, 0.6) is 0 Å². The summed E-state index contributed by atoms with van der Waals surface area (Å²) in [6.45, 7) is 4.95. The molecule has 6 nitrogen and oxygen atoms in total. The van der Waals surface area contributed by atoms with Crippen LogP contribution in [0.2, 0.25) is 5.02 Å². The van der Waals surface area contributed by atoms with Crippen molar-refractivity contribution in [2.45, 2.75) is 26.3 Å². The van der Waals surface area contributed by atoms with Gasteiger partial charge in [0.25, 0.3) is 0 Å². The predicted molar refractivity (Wildman–Crippen MR) is 70.0 cm³/mol. The minimum absolute atomic E-state index is 0.370. The molecule has 0 atom stereocenters. The lowest BCUT2D eigenvalue weighted by molar-refractivity contribution is -0.146. The van der Waals surface area contributed by atoms with Crippen LogP contribution < -0.4 is 0 Å². The van der Waals surface area contributed by atoms with Crippen LogP contribution in [0, 0.1) is 6.92 Å². The van der Waals surface area contributed by atoms with Gasteiger partial charge >= 0.3 is 5.97 Å². The Hall–Kier alpha value is -1.95. The number of rotatable bonds is 3. The van der Waals surface area contributed by atoms with E-state index in [1.54, 1.807) is 12.1 Å². The summed E-state index contributed by atoms with van der Waals surface area (Å²) in [5.74, 6) is -0.645. The first-order valence-electron chi connectivity index (χ1n) is 5.63. The molecule has 0 radical (unpaired) electrons. The Morgan fingerprint density at radius 2 is 2.11 bits per heavy atom. The van der Waals surface area contributed by atoms with Gasteiger partial charge in [-0.25, -0.2) is 9.48 Å². The zero-order valence-electron chi connectivity index (χ0n) is 10.8. The molecule has 0 bridgehead atoms. The second kappa shape index (κ2) is 4.62. The summed E-state index contributed by atoms with van der Waals surface area (Å²) < 4.78 is 1.27. The third-order valence-electron chi connectivity index (χ3n) is 2.95. The van der Waals surface area contributed by atoms with E-state index >= 15 is 0 Å². The molecular weight excluding hydrogens is 268 g/mol. The van der Waals surface area contributed by atoms with Gasteiger partial charge in [-0.15, -0.1) is 5.10 Å². The Morgan fingerprint density at radius 1 is 1.42 bits per heavy atom. The maximum absolute atomic E-state index is 11.3. The van der Waals surface area contributed by atoms with E-state index in [2.05, 4.69) is 15.5 Å². The molecule has 19 heavy (non-hydrogen) atoms. The van der Waals surface area contributed by atoms with Crippen molar-refractivity contribution in [1.29, 1.82) is 0 Å². The molecule has 1 N–H and O–H groups in total. The van der Waals surface area contributed by atoms with Gasteiger partial charge < -0.3 is 5.11 Å². The molecule has 0 fully saturated rings. The molecule has 1 heterocycles. The number of carboxylic acids is 1. The summed E-state index contributed by atoms with van der Waals surface area (Å²) >= 11 is 6.07. The van der Waals surface area contributed by atoms with Gasteiger partial charge in [0.15, 0.2) is 11.4 Å². The number of hydrogen-bond donors (Lipinski definition) is 1. The monoisotopic (exact) mass is 280 g/mol. The molecule has 0 saturated heterocycles. The summed E-state index contributed by atoms with van der Waals surface area (Å²) in [7, 11) is 0. The van der Waals surface area contributed by atoms with Crippen LogP contribution in [-0.2, 0) is 10.3 Å². The van der Waals surface area contributed by atoms with Crippen molar-refractivity contribution in [2.75, 3.05) is 0 Å².